The smallest absolute Gasteiger partial charge is 0.219 e. The van der Waals surface area contributed by atoms with E-state index >= 15 is 0 Å². The van der Waals surface area contributed by atoms with Gasteiger partial charge in [-0.25, -0.2) is 4.98 Å². The van der Waals surface area contributed by atoms with E-state index in [1.165, 1.54) is 0 Å². The molecule has 0 aliphatic heterocycles. The molecule has 2 rings (SSSR count). The van der Waals surface area contributed by atoms with Gasteiger partial charge in [-0.2, -0.15) is 0 Å². The van der Waals surface area contributed by atoms with Gasteiger partial charge in [0.15, 0.2) is 11.5 Å². The number of benzene rings is 1. The van der Waals surface area contributed by atoms with E-state index in [1.807, 2.05) is 18.2 Å². The molecule has 0 amide bonds. The predicted molar refractivity (Wildman–Crippen MR) is 63.2 cm³/mol. The summed E-state index contributed by atoms with van der Waals surface area (Å²) >= 11 is 0. The summed E-state index contributed by atoms with van der Waals surface area (Å²) in [5.41, 5.74) is 0.567. The van der Waals surface area contributed by atoms with Crippen molar-refractivity contribution >= 4 is 0 Å². The molecule has 0 spiro atoms. The Labute approximate surface area is 99.5 Å². The Bertz CT molecular complexity index is 500. The van der Waals surface area contributed by atoms with Gasteiger partial charge in [-0.1, -0.05) is 18.2 Å². The van der Waals surface area contributed by atoms with Crippen molar-refractivity contribution < 1.29 is 14.6 Å². The standard InChI is InChI=1S/C13H13NO3/c1-16-11-6-2-3-7-12(11)17-13-8-4-5-10(9-15)14-13/h2-8,15H,9H2,1H3. The fourth-order valence-corrected chi connectivity index (χ4v) is 1.42. The number of nitrogens with zero attached hydrogens (tertiary/aromatic N) is 1. The summed E-state index contributed by atoms with van der Waals surface area (Å²) in [5, 5.41) is 8.99. The van der Waals surface area contributed by atoms with Crippen LogP contribution in [0.15, 0.2) is 42.5 Å². The molecule has 0 fully saturated rings. The zero-order chi connectivity index (χ0) is 12.1. The molecule has 0 aliphatic carbocycles. The average molecular weight is 231 g/mol. The maximum absolute atomic E-state index is 8.99. The molecule has 1 N–H and O–H groups in total. The number of aliphatic hydroxyl groups excluding tert-OH is 1. The third-order valence-electron chi connectivity index (χ3n) is 2.23. The Morgan fingerprint density at radius 1 is 1.06 bits per heavy atom. The number of hydrogen-bond donors (Lipinski definition) is 1. The van der Waals surface area contributed by atoms with Crippen molar-refractivity contribution in [3.05, 3.63) is 48.2 Å². The third kappa shape index (κ3) is 2.73. The van der Waals surface area contributed by atoms with Gasteiger partial charge in [0, 0.05) is 6.07 Å². The fraction of sp³-hybridized carbons (Fsp3) is 0.154. The van der Waals surface area contributed by atoms with Crippen LogP contribution in [0, 0.1) is 0 Å². The molecule has 1 aromatic carbocycles. The van der Waals surface area contributed by atoms with Crippen LogP contribution in [0.2, 0.25) is 0 Å². The lowest BCUT2D eigenvalue weighted by Gasteiger charge is -2.09. The van der Waals surface area contributed by atoms with Crippen LogP contribution in [0.3, 0.4) is 0 Å². The quantitative estimate of drug-likeness (QED) is 0.877. The molecular weight excluding hydrogens is 218 g/mol. The summed E-state index contributed by atoms with van der Waals surface area (Å²) in [6.45, 7) is -0.108. The molecule has 17 heavy (non-hydrogen) atoms. The Hall–Kier alpha value is -2.07. The molecular formula is C13H13NO3. The number of methoxy groups -OCH3 is 1. The number of rotatable bonds is 4. The van der Waals surface area contributed by atoms with Gasteiger partial charge in [-0.05, 0) is 18.2 Å². The van der Waals surface area contributed by atoms with Crippen LogP contribution in [0.1, 0.15) is 5.69 Å². The summed E-state index contributed by atoms with van der Waals surface area (Å²) < 4.78 is 10.8. The molecule has 0 atom stereocenters. The minimum atomic E-state index is -0.108. The van der Waals surface area contributed by atoms with E-state index in [2.05, 4.69) is 4.98 Å². The van der Waals surface area contributed by atoms with Crippen LogP contribution in [0.5, 0.6) is 17.4 Å². The van der Waals surface area contributed by atoms with Crippen LogP contribution in [0.4, 0.5) is 0 Å². The Morgan fingerprint density at radius 2 is 1.82 bits per heavy atom. The van der Waals surface area contributed by atoms with Gasteiger partial charge in [0.25, 0.3) is 0 Å². The second kappa shape index (κ2) is 5.32. The monoisotopic (exact) mass is 231 g/mol. The Kier molecular flexibility index (Phi) is 3.57. The first-order chi connectivity index (χ1) is 8.33. The minimum absolute atomic E-state index is 0.108. The van der Waals surface area contributed by atoms with Gasteiger partial charge in [-0.15, -0.1) is 0 Å². The van der Waals surface area contributed by atoms with Gasteiger partial charge >= 0.3 is 0 Å². The highest BCUT2D eigenvalue weighted by atomic mass is 16.5. The Morgan fingerprint density at radius 3 is 2.53 bits per heavy atom. The van der Waals surface area contributed by atoms with Crippen LogP contribution >= 0.6 is 0 Å². The van der Waals surface area contributed by atoms with E-state index in [0.717, 1.165) is 0 Å². The molecule has 2 aromatic rings. The first-order valence-electron chi connectivity index (χ1n) is 5.21. The van der Waals surface area contributed by atoms with Crippen LogP contribution in [0.25, 0.3) is 0 Å². The van der Waals surface area contributed by atoms with E-state index in [-0.39, 0.29) is 6.61 Å². The SMILES string of the molecule is COc1ccccc1Oc1cccc(CO)n1. The molecule has 1 aromatic heterocycles. The highest BCUT2D eigenvalue weighted by Gasteiger charge is 2.05. The molecule has 0 unspecified atom stereocenters. The normalized spacial score (nSPS) is 10.0. The van der Waals surface area contributed by atoms with Gasteiger partial charge in [0.05, 0.1) is 19.4 Å². The summed E-state index contributed by atoms with van der Waals surface area (Å²) in [6.07, 6.45) is 0. The summed E-state index contributed by atoms with van der Waals surface area (Å²) in [4.78, 5) is 4.13. The molecule has 0 saturated heterocycles. The lowest BCUT2D eigenvalue weighted by atomic mass is 10.3. The second-order valence-corrected chi connectivity index (χ2v) is 3.38. The third-order valence-corrected chi connectivity index (χ3v) is 2.23. The highest BCUT2D eigenvalue weighted by molar-refractivity contribution is 5.41. The van der Waals surface area contributed by atoms with Crippen LogP contribution in [-0.2, 0) is 6.61 Å². The summed E-state index contributed by atoms with van der Waals surface area (Å²) in [5.74, 6) is 1.67. The first kappa shape index (κ1) is 11.4. The number of aliphatic hydroxyl groups is 1. The molecule has 0 radical (unpaired) electrons. The lowest BCUT2D eigenvalue weighted by Crippen LogP contribution is -1.94. The molecule has 88 valence electrons. The van der Waals surface area contributed by atoms with E-state index in [0.29, 0.717) is 23.1 Å². The zero-order valence-corrected chi connectivity index (χ0v) is 9.46. The van der Waals surface area contributed by atoms with Crippen molar-refractivity contribution in [3.8, 4) is 17.4 Å². The first-order valence-corrected chi connectivity index (χ1v) is 5.21. The van der Waals surface area contributed by atoms with Crippen molar-refractivity contribution in [2.24, 2.45) is 0 Å². The average Bonchev–Trinajstić information content (AvgIpc) is 2.39. The summed E-state index contributed by atoms with van der Waals surface area (Å²) in [7, 11) is 1.58. The van der Waals surface area contributed by atoms with E-state index in [9.17, 15) is 0 Å². The molecule has 4 heteroatoms. The van der Waals surface area contributed by atoms with Crippen molar-refractivity contribution in [1.29, 1.82) is 0 Å². The number of hydrogen-bond acceptors (Lipinski definition) is 4. The van der Waals surface area contributed by atoms with Gasteiger partial charge in [-0.3, -0.25) is 0 Å². The van der Waals surface area contributed by atoms with Crippen LogP contribution in [-0.4, -0.2) is 17.2 Å². The van der Waals surface area contributed by atoms with Crippen molar-refractivity contribution in [2.45, 2.75) is 6.61 Å². The van der Waals surface area contributed by atoms with Crippen molar-refractivity contribution in [1.82, 2.24) is 4.98 Å². The topological polar surface area (TPSA) is 51.6 Å². The Balaban J connectivity index is 2.24. The molecule has 1 heterocycles. The molecule has 4 nitrogen and oxygen atoms in total. The van der Waals surface area contributed by atoms with Crippen molar-refractivity contribution in [2.75, 3.05) is 7.11 Å². The van der Waals surface area contributed by atoms with Gasteiger partial charge in [0.2, 0.25) is 5.88 Å². The summed E-state index contributed by atoms with van der Waals surface area (Å²) in [6, 6.07) is 12.6. The number of aromatic nitrogens is 1. The van der Waals surface area contributed by atoms with Crippen molar-refractivity contribution in [3.63, 3.8) is 0 Å². The molecule has 0 saturated carbocycles. The van der Waals surface area contributed by atoms with Crippen LogP contribution < -0.4 is 9.47 Å². The lowest BCUT2D eigenvalue weighted by molar-refractivity contribution is 0.275. The maximum atomic E-state index is 8.99. The van der Waals surface area contributed by atoms with Gasteiger partial charge in [0.1, 0.15) is 0 Å². The van der Waals surface area contributed by atoms with Gasteiger partial charge < -0.3 is 14.6 Å². The maximum Gasteiger partial charge on any atom is 0.219 e. The zero-order valence-electron chi connectivity index (χ0n) is 9.46. The second-order valence-electron chi connectivity index (χ2n) is 3.38. The number of pyridine rings is 1. The van der Waals surface area contributed by atoms with E-state index in [1.54, 1.807) is 31.4 Å². The minimum Gasteiger partial charge on any atom is -0.493 e. The highest BCUT2D eigenvalue weighted by Crippen LogP contribution is 2.29. The predicted octanol–water partition coefficient (Wildman–Crippen LogP) is 2.37. The van der Waals surface area contributed by atoms with E-state index in [4.69, 9.17) is 14.6 Å². The fourth-order valence-electron chi connectivity index (χ4n) is 1.42. The molecule has 0 aliphatic rings. The number of ether oxygens (including phenoxy) is 2. The largest absolute Gasteiger partial charge is 0.493 e. The van der Waals surface area contributed by atoms with E-state index < -0.39 is 0 Å². The molecule has 0 bridgehead atoms. The number of para-hydroxylation sites is 2.